The van der Waals surface area contributed by atoms with E-state index in [2.05, 4.69) is 10.6 Å². The number of aryl methyl sites for hydroxylation is 1. The van der Waals surface area contributed by atoms with E-state index in [9.17, 15) is 14.0 Å². The minimum Gasteiger partial charge on any atom is -0.462 e. The van der Waals surface area contributed by atoms with E-state index in [1.165, 1.54) is 35.6 Å². The molecule has 1 aliphatic carbocycles. The quantitative estimate of drug-likeness (QED) is 0.592. The summed E-state index contributed by atoms with van der Waals surface area (Å²) in [6, 6.07) is 5.16. The molecule has 1 aromatic heterocycles. The van der Waals surface area contributed by atoms with Crippen molar-refractivity contribution in [1.29, 1.82) is 0 Å². The lowest BCUT2D eigenvalue weighted by Crippen LogP contribution is -2.34. The van der Waals surface area contributed by atoms with Crippen LogP contribution in [0.3, 0.4) is 0 Å². The topological polar surface area (TPSA) is 67.4 Å². The first-order valence-corrected chi connectivity index (χ1v) is 9.91. The summed E-state index contributed by atoms with van der Waals surface area (Å²) < 4.78 is 18.2. The number of hydrogen-bond acceptors (Lipinski definition) is 5. The minimum atomic E-state index is -0.452. The van der Waals surface area contributed by atoms with Gasteiger partial charge in [0.15, 0.2) is 5.11 Å². The lowest BCUT2D eigenvalue weighted by Gasteiger charge is -2.13. The van der Waals surface area contributed by atoms with Crippen LogP contribution in [-0.4, -0.2) is 23.6 Å². The Morgan fingerprint density at radius 1 is 1.22 bits per heavy atom. The van der Waals surface area contributed by atoms with Gasteiger partial charge in [0.05, 0.1) is 12.2 Å². The number of carbonyl (C=O) groups is 2. The van der Waals surface area contributed by atoms with Gasteiger partial charge in [-0.2, -0.15) is 0 Å². The summed E-state index contributed by atoms with van der Waals surface area (Å²) in [7, 11) is 0. The molecule has 2 aromatic rings. The fraction of sp³-hybridized carbons (Fsp3) is 0.316. The van der Waals surface area contributed by atoms with Crippen LogP contribution >= 0.6 is 23.6 Å². The number of halogens is 1. The summed E-state index contributed by atoms with van der Waals surface area (Å²) in [6.07, 6.45) is 3.86. The summed E-state index contributed by atoms with van der Waals surface area (Å²) in [6.45, 7) is 2.05. The number of fused-ring (bicyclic) bond motifs is 1. The Morgan fingerprint density at radius 2 is 1.93 bits per heavy atom. The van der Waals surface area contributed by atoms with E-state index in [1.54, 1.807) is 6.92 Å². The average Bonchev–Trinajstić information content (AvgIpc) is 3.00. The molecule has 1 amide bonds. The minimum absolute atomic E-state index is 0.0773. The zero-order valence-electron chi connectivity index (χ0n) is 14.8. The molecule has 142 valence electrons. The third-order valence-corrected chi connectivity index (χ3v) is 5.62. The summed E-state index contributed by atoms with van der Waals surface area (Å²) in [4.78, 5) is 25.8. The Labute approximate surface area is 165 Å². The highest BCUT2D eigenvalue weighted by atomic mass is 32.1. The van der Waals surface area contributed by atoms with Crippen molar-refractivity contribution in [2.24, 2.45) is 0 Å². The molecule has 0 bridgehead atoms. The molecule has 1 aliphatic rings. The van der Waals surface area contributed by atoms with Gasteiger partial charge >= 0.3 is 5.97 Å². The third kappa shape index (κ3) is 4.51. The van der Waals surface area contributed by atoms with Crippen molar-refractivity contribution >= 4 is 45.5 Å². The number of thiophene rings is 1. The number of ether oxygens (including phenoxy) is 1. The molecule has 0 saturated carbocycles. The molecule has 0 saturated heterocycles. The second kappa shape index (κ2) is 8.58. The van der Waals surface area contributed by atoms with E-state index in [0.717, 1.165) is 36.1 Å². The molecule has 0 spiro atoms. The molecule has 8 heteroatoms. The zero-order chi connectivity index (χ0) is 19.4. The van der Waals surface area contributed by atoms with E-state index in [1.807, 2.05) is 0 Å². The SMILES string of the molecule is CCOC(=O)c1c(NC(=S)NC(=O)c2ccc(F)cc2)sc2c1CCCC2. The standard InChI is InChI=1S/C19H19FN2O3S2/c1-2-25-18(24)15-13-5-3-4-6-14(13)27-17(15)22-19(26)21-16(23)11-7-9-12(20)10-8-11/h7-10H,2-6H2,1H3,(H2,21,22,23,26). The molecule has 0 unspecified atom stereocenters. The van der Waals surface area contributed by atoms with Crippen molar-refractivity contribution in [3.63, 3.8) is 0 Å². The third-order valence-electron chi connectivity index (χ3n) is 4.21. The lowest BCUT2D eigenvalue weighted by molar-refractivity contribution is 0.0526. The number of rotatable bonds is 4. The Hall–Kier alpha value is -2.32. The molecule has 1 aromatic carbocycles. The summed E-state index contributed by atoms with van der Waals surface area (Å²) >= 11 is 6.70. The van der Waals surface area contributed by atoms with Crippen molar-refractivity contribution in [3.05, 3.63) is 51.7 Å². The van der Waals surface area contributed by atoms with Crippen LogP contribution < -0.4 is 10.6 Å². The van der Waals surface area contributed by atoms with Gasteiger partial charge in [-0.25, -0.2) is 9.18 Å². The van der Waals surface area contributed by atoms with Crippen LogP contribution in [0, 0.1) is 5.82 Å². The number of anilines is 1. The zero-order valence-corrected chi connectivity index (χ0v) is 16.4. The molecule has 0 fully saturated rings. The monoisotopic (exact) mass is 406 g/mol. The van der Waals surface area contributed by atoms with Crippen molar-refractivity contribution < 1.29 is 18.7 Å². The van der Waals surface area contributed by atoms with Crippen LogP contribution in [0.25, 0.3) is 0 Å². The first-order chi connectivity index (χ1) is 13.0. The molecule has 0 atom stereocenters. The van der Waals surface area contributed by atoms with Crippen LogP contribution in [0.15, 0.2) is 24.3 Å². The predicted molar refractivity (Wildman–Crippen MR) is 107 cm³/mol. The summed E-state index contributed by atoms with van der Waals surface area (Å²) in [5, 5.41) is 6.18. The van der Waals surface area contributed by atoms with Gasteiger partial charge in [-0.05, 0) is 74.7 Å². The van der Waals surface area contributed by atoms with Gasteiger partial charge in [-0.3, -0.25) is 10.1 Å². The number of hydrogen-bond donors (Lipinski definition) is 2. The van der Waals surface area contributed by atoms with E-state index in [0.29, 0.717) is 10.6 Å². The number of amides is 1. The smallest absolute Gasteiger partial charge is 0.341 e. The summed E-state index contributed by atoms with van der Waals surface area (Å²) in [5.74, 6) is -1.26. The van der Waals surface area contributed by atoms with Crippen LogP contribution in [0.4, 0.5) is 9.39 Å². The predicted octanol–water partition coefficient (Wildman–Crippen LogP) is 4.07. The van der Waals surface area contributed by atoms with Gasteiger partial charge in [0.25, 0.3) is 5.91 Å². The molecule has 5 nitrogen and oxygen atoms in total. The van der Waals surface area contributed by atoms with E-state index in [4.69, 9.17) is 17.0 Å². The van der Waals surface area contributed by atoms with Gasteiger partial charge in [-0.1, -0.05) is 0 Å². The van der Waals surface area contributed by atoms with Crippen LogP contribution in [0.1, 0.15) is 50.9 Å². The fourth-order valence-electron chi connectivity index (χ4n) is 2.98. The highest BCUT2D eigenvalue weighted by molar-refractivity contribution is 7.80. The fourth-order valence-corrected chi connectivity index (χ4v) is 4.53. The van der Waals surface area contributed by atoms with Gasteiger partial charge in [0.2, 0.25) is 0 Å². The summed E-state index contributed by atoms with van der Waals surface area (Å²) in [5.41, 5.74) is 1.81. The van der Waals surface area contributed by atoms with Gasteiger partial charge in [0, 0.05) is 10.4 Å². The maximum absolute atomic E-state index is 13.0. The Balaban J connectivity index is 1.77. The molecule has 3 rings (SSSR count). The Bertz CT molecular complexity index is 878. The molecular formula is C19H19FN2O3S2. The van der Waals surface area contributed by atoms with E-state index < -0.39 is 11.7 Å². The number of thiocarbonyl (C=S) groups is 1. The maximum Gasteiger partial charge on any atom is 0.341 e. The van der Waals surface area contributed by atoms with E-state index in [-0.39, 0.29) is 23.3 Å². The maximum atomic E-state index is 13.0. The molecule has 2 N–H and O–H groups in total. The van der Waals surface area contributed by atoms with Crippen molar-refractivity contribution in [1.82, 2.24) is 5.32 Å². The van der Waals surface area contributed by atoms with Gasteiger partial charge < -0.3 is 10.1 Å². The van der Waals surface area contributed by atoms with Crippen LogP contribution in [0.2, 0.25) is 0 Å². The molecule has 1 heterocycles. The van der Waals surface area contributed by atoms with Crippen LogP contribution in [-0.2, 0) is 17.6 Å². The highest BCUT2D eigenvalue weighted by Crippen LogP contribution is 2.38. The highest BCUT2D eigenvalue weighted by Gasteiger charge is 2.27. The Kier molecular flexibility index (Phi) is 6.18. The number of esters is 1. The van der Waals surface area contributed by atoms with Crippen molar-refractivity contribution in [2.45, 2.75) is 32.6 Å². The van der Waals surface area contributed by atoms with Gasteiger partial charge in [-0.15, -0.1) is 11.3 Å². The first-order valence-electron chi connectivity index (χ1n) is 8.69. The average molecular weight is 407 g/mol. The molecular weight excluding hydrogens is 387 g/mol. The second-order valence-electron chi connectivity index (χ2n) is 6.05. The van der Waals surface area contributed by atoms with Crippen molar-refractivity contribution in [2.75, 3.05) is 11.9 Å². The first kappa shape index (κ1) is 19.4. The lowest BCUT2D eigenvalue weighted by atomic mass is 9.95. The number of benzene rings is 1. The largest absolute Gasteiger partial charge is 0.462 e. The normalized spacial score (nSPS) is 12.8. The second-order valence-corrected chi connectivity index (χ2v) is 7.56. The van der Waals surface area contributed by atoms with Crippen LogP contribution in [0.5, 0.6) is 0 Å². The molecule has 27 heavy (non-hydrogen) atoms. The van der Waals surface area contributed by atoms with E-state index >= 15 is 0 Å². The molecule has 0 radical (unpaired) electrons. The van der Waals surface area contributed by atoms with Gasteiger partial charge in [0.1, 0.15) is 10.8 Å². The molecule has 0 aliphatic heterocycles. The number of nitrogens with one attached hydrogen (secondary N) is 2. The Morgan fingerprint density at radius 3 is 2.63 bits per heavy atom. The number of carbonyl (C=O) groups excluding carboxylic acids is 2. The van der Waals surface area contributed by atoms with Crippen molar-refractivity contribution in [3.8, 4) is 0 Å².